The maximum Gasteiger partial charge on any atom is 0.417 e. The molecule has 2 aliphatic heterocycles. The molecule has 0 aliphatic carbocycles. The Morgan fingerprint density at radius 1 is 0.875 bits per heavy atom. The molecule has 1 saturated heterocycles. The van der Waals surface area contributed by atoms with Crippen LogP contribution >= 0.6 is 0 Å². The summed E-state index contributed by atoms with van der Waals surface area (Å²) in [5.74, 6) is 0.153. The van der Waals surface area contributed by atoms with Crippen LogP contribution < -0.4 is 15.0 Å². The molecule has 0 bridgehead atoms. The lowest BCUT2D eigenvalue weighted by Crippen LogP contribution is -2.50. The fourth-order valence-corrected chi connectivity index (χ4v) is 5.82. The second-order valence-electron chi connectivity index (χ2n) is 11.8. The van der Waals surface area contributed by atoms with Crippen LogP contribution in [0.1, 0.15) is 50.2 Å². The first kappa shape index (κ1) is 34.2. The molecule has 5 rings (SSSR count). The van der Waals surface area contributed by atoms with Gasteiger partial charge in [-0.05, 0) is 87.3 Å². The van der Waals surface area contributed by atoms with Crippen molar-refractivity contribution >= 4 is 29.2 Å². The van der Waals surface area contributed by atoms with E-state index in [9.17, 15) is 27.6 Å². The summed E-state index contributed by atoms with van der Waals surface area (Å²) in [5.41, 5.74) is -0.731. The number of hydrogen-bond acceptors (Lipinski definition) is 6. The van der Waals surface area contributed by atoms with Crippen LogP contribution in [0.4, 0.5) is 29.3 Å². The summed E-state index contributed by atoms with van der Waals surface area (Å²) in [4.78, 5) is 43.6. The molecule has 1 N–H and O–H groups in total. The third kappa shape index (κ3) is 8.22. The molecule has 2 heterocycles. The number of nitrogens with zero attached hydrogens (tertiary/aromatic N) is 4. The van der Waals surface area contributed by atoms with E-state index in [-0.39, 0.29) is 17.3 Å². The van der Waals surface area contributed by atoms with E-state index < -0.39 is 29.1 Å². The summed E-state index contributed by atoms with van der Waals surface area (Å²) in [6.45, 7) is 5.16. The molecule has 0 atom stereocenters. The highest BCUT2D eigenvalue weighted by Crippen LogP contribution is 2.37. The van der Waals surface area contributed by atoms with Crippen LogP contribution in [-0.4, -0.2) is 60.4 Å². The van der Waals surface area contributed by atoms with Crippen molar-refractivity contribution in [2.45, 2.75) is 45.2 Å². The smallest absolute Gasteiger partial charge is 0.417 e. The maximum absolute atomic E-state index is 13.4. The van der Waals surface area contributed by atoms with Crippen molar-refractivity contribution in [3.63, 3.8) is 0 Å². The van der Waals surface area contributed by atoms with Crippen LogP contribution in [-0.2, 0) is 15.8 Å². The van der Waals surface area contributed by atoms with E-state index in [1.54, 1.807) is 4.90 Å². The predicted molar refractivity (Wildman–Crippen MR) is 174 cm³/mol. The number of halogens is 3. The lowest BCUT2D eigenvalue weighted by atomic mass is 10.0. The van der Waals surface area contributed by atoms with Crippen molar-refractivity contribution in [1.29, 1.82) is 5.26 Å². The summed E-state index contributed by atoms with van der Waals surface area (Å²) < 4.78 is 46.1. The molecule has 4 amide bonds. The number of imide groups is 1. The van der Waals surface area contributed by atoms with Gasteiger partial charge in [0.05, 0.1) is 22.9 Å². The largest absolute Gasteiger partial charge is 0.457 e. The average molecular weight is 660 g/mol. The lowest BCUT2D eigenvalue weighted by Gasteiger charge is -2.34. The summed E-state index contributed by atoms with van der Waals surface area (Å²) in [7, 11) is 0. The topological polar surface area (TPSA) is 106 Å². The maximum atomic E-state index is 13.4. The van der Waals surface area contributed by atoms with Crippen LogP contribution in [0.2, 0.25) is 0 Å². The van der Waals surface area contributed by atoms with E-state index in [4.69, 9.17) is 10.00 Å². The number of rotatable bonds is 11. The summed E-state index contributed by atoms with van der Waals surface area (Å²) >= 11 is 0. The number of alkyl halides is 3. The monoisotopic (exact) mass is 659 g/mol. The molecule has 3 aromatic carbocycles. The number of urea groups is 1. The Morgan fingerprint density at radius 3 is 2.21 bits per heavy atom. The lowest BCUT2D eigenvalue weighted by molar-refractivity contribution is -0.138. The zero-order valence-electron chi connectivity index (χ0n) is 26.6. The molecule has 0 saturated carbocycles. The van der Waals surface area contributed by atoms with Gasteiger partial charge in [-0.15, -0.1) is 0 Å². The molecule has 0 radical (unpaired) electrons. The van der Waals surface area contributed by atoms with Gasteiger partial charge in [-0.3, -0.25) is 14.5 Å². The standard InChI is InChI=1S/C36H36F3N5O4/c1-25-31(34(46)44(33(25)45)28-15-12-26(24-40)32(23-28)36(37,38)39)11-7-2-3-8-18-42-19-21-43(22-20-42)35(47)41-27-13-16-30(17-14-27)48-29-9-5-4-6-10-29/h4-6,9-10,12-17,23H,2-3,7-8,11,18-22H2,1H3,(H,41,47). The van der Waals surface area contributed by atoms with Crippen LogP contribution in [0.25, 0.3) is 0 Å². The Balaban J connectivity index is 0.997. The molecule has 0 aromatic heterocycles. The van der Waals surface area contributed by atoms with Gasteiger partial charge in [0.15, 0.2) is 0 Å². The minimum atomic E-state index is -4.80. The third-order valence-corrected chi connectivity index (χ3v) is 8.52. The highest BCUT2D eigenvalue weighted by Gasteiger charge is 2.39. The van der Waals surface area contributed by atoms with Crippen molar-refractivity contribution in [2.24, 2.45) is 0 Å². The van der Waals surface area contributed by atoms with E-state index >= 15 is 0 Å². The van der Waals surface area contributed by atoms with E-state index in [0.29, 0.717) is 49.0 Å². The van der Waals surface area contributed by atoms with Crippen LogP contribution in [0.5, 0.6) is 11.5 Å². The van der Waals surface area contributed by atoms with Gasteiger partial charge in [0.25, 0.3) is 11.8 Å². The van der Waals surface area contributed by atoms with Crippen LogP contribution in [0.3, 0.4) is 0 Å². The van der Waals surface area contributed by atoms with Gasteiger partial charge in [0.1, 0.15) is 11.5 Å². The van der Waals surface area contributed by atoms with Gasteiger partial charge >= 0.3 is 12.2 Å². The molecular formula is C36H36F3N5O4. The number of carbonyl (C=O) groups excluding carboxylic acids is 3. The number of nitriles is 1. The molecule has 1 fully saturated rings. The first-order valence-corrected chi connectivity index (χ1v) is 15.9. The fraction of sp³-hybridized carbons (Fsp3) is 0.333. The van der Waals surface area contributed by atoms with Gasteiger partial charge in [-0.25, -0.2) is 9.69 Å². The number of anilines is 2. The highest BCUT2D eigenvalue weighted by molar-refractivity contribution is 6.32. The Bertz CT molecular complexity index is 1710. The molecule has 48 heavy (non-hydrogen) atoms. The van der Waals surface area contributed by atoms with Gasteiger partial charge in [-0.1, -0.05) is 31.0 Å². The molecule has 2 aliphatic rings. The minimum Gasteiger partial charge on any atom is -0.457 e. The predicted octanol–water partition coefficient (Wildman–Crippen LogP) is 7.36. The molecule has 9 nitrogen and oxygen atoms in total. The molecule has 0 unspecified atom stereocenters. The van der Waals surface area contributed by atoms with E-state index in [1.165, 1.54) is 19.1 Å². The van der Waals surface area contributed by atoms with Gasteiger partial charge in [0, 0.05) is 43.0 Å². The highest BCUT2D eigenvalue weighted by atomic mass is 19.4. The van der Waals surface area contributed by atoms with Crippen molar-refractivity contribution in [3.05, 3.63) is 95.1 Å². The molecule has 3 aromatic rings. The Labute approximate surface area is 277 Å². The van der Waals surface area contributed by atoms with E-state index in [2.05, 4.69) is 10.2 Å². The van der Waals surface area contributed by atoms with Crippen molar-refractivity contribution in [1.82, 2.24) is 9.80 Å². The summed E-state index contributed by atoms with van der Waals surface area (Å²) in [6.07, 6.45) is -1.11. The molecular weight excluding hydrogens is 623 g/mol. The number of carbonyl (C=O) groups is 3. The van der Waals surface area contributed by atoms with Crippen molar-refractivity contribution in [2.75, 3.05) is 42.9 Å². The quantitative estimate of drug-likeness (QED) is 0.170. The summed E-state index contributed by atoms with van der Waals surface area (Å²) in [5, 5.41) is 12.0. The number of hydrogen-bond donors (Lipinski definition) is 1. The number of benzene rings is 3. The number of unbranched alkanes of at least 4 members (excludes halogenated alkanes) is 3. The van der Waals surface area contributed by atoms with Gasteiger partial charge < -0.3 is 15.0 Å². The van der Waals surface area contributed by atoms with Crippen LogP contribution in [0.15, 0.2) is 83.9 Å². The second kappa shape index (κ2) is 15.2. The second-order valence-corrected chi connectivity index (χ2v) is 11.8. The number of ether oxygens (including phenoxy) is 1. The summed E-state index contributed by atoms with van der Waals surface area (Å²) in [6, 6.07) is 20.9. The minimum absolute atomic E-state index is 0.144. The number of piperazine rings is 1. The Hall–Kier alpha value is -5.15. The fourth-order valence-electron chi connectivity index (χ4n) is 5.82. The Morgan fingerprint density at radius 2 is 1.54 bits per heavy atom. The number of amides is 4. The number of para-hydroxylation sites is 1. The first-order chi connectivity index (χ1) is 23.0. The van der Waals surface area contributed by atoms with E-state index in [1.807, 2.05) is 54.6 Å². The third-order valence-electron chi connectivity index (χ3n) is 8.52. The molecule has 0 spiro atoms. The average Bonchev–Trinajstić information content (AvgIpc) is 3.29. The van der Waals surface area contributed by atoms with Crippen LogP contribution in [0, 0.1) is 11.3 Å². The van der Waals surface area contributed by atoms with Crippen molar-refractivity contribution < 1.29 is 32.3 Å². The van der Waals surface area contributed by atoms with Gasteiger partial charge in [-0.2, -0.15) is 18.4 Å². The normalized spacial score (nSPS) is 15.6. The molecule has 12 heteroatoms. The molecule has 250 valence electrons. The van der Waals surface area contributed by atoms with E-state index in [0.717, 1.165) is 55.6 Å². The first-order valence-electron chi connectivity index (χ1n) is 15.9. The SMILES string of the molecule is CC1=C(CCCCCCN2CCN(C(=O)Nc3ccc(Oc4ccccc4)cc3)CC2)C(=O)N(c2ccc(C#N)c(C(F)(F)F)c2)C1=O. The zero-order chi connectivity index (χ0) is 34.3. The van der Waals surface area contributed by atoms with Gasteiger partial charge in [0.2, 0.25) is 0 Å². The number of nitrogens with one attached hydrogen (secondary N) is 1. The Kier molecular flexibility index (Phi) is 10.8. The van der Waals surface area contributed by atoms with Crippen molar-refractivity contribution in [3.8, 4) is 17.6 Å². The zero-order valence-corrected chi connectivity index (χ0v) is 26.6.